The van der Waals surface area contributed by atoms with Crippen molar-refractivity contribution < 1.29 is 5.11 Å². The van der Waals surface area contributed by atoms with Crippen LogP contribution < -0.4 is 0 Å². The molecule has 0 spiro atoms. The molecule has 18 heavy (non-hydrogen) atoms. The molecule has 0 radical (unpaired) electrons. The highest BCUT2D eigenvalue weighted by Crippen LogP contribution is 2.33. The van der Waals surface area contributed by atoms with E-state index in [4.69, 9.17) is 23.2 Å². The zero-order valence-electron chi connectivity index (χ0n) is 9.38. The zero-order valence-corrected chi connectivity index (χ0v) is 11.7. The summed E-state index contributed by atoms with van der Waals surface area (Å²) in [4.78, 5) is 4.18. The first-order chi connectivity index (χ1) is 8.68. The average Bonchev–Trinajstić information content (AvgIpc) is 2.37. The van der Waals surface area contributed by atoms with E-state index in [-0.39, 0.29) is 0 Å². The topological polar surface area (TPSA) is 33.1 Å². The predicted octanol–water partition coefficient (Wildman–Crippen LogP) is 4.21. The Hall–Kier alpha value is -0.740. The van der Waals surface area contributed by atoms with Gasteiger partial charge in [-0.05, 0) is 24.3 Å². The van der Waals surface area contributed by atoms with Crippen LogP contribution in [0.4, 0.5) is 0 Å². The zero-order chi connectivity index (χ0) is 13.0. The van der Waals surface area contributed by atoms with Gasteiger partial charge in [0, 0.05) is 27.6 Å². The predicted molar refractivity (Wildman–Crippen MR) is 76.4 cm³/mol. The van der Waals surface area contributed by atoms with Gasteiger partial charge in [0.15, 0.2) is 0 Å². The second kappa shape index (κ2) is 6.43. The van der Waals surface area contributed by atoms with Gasteiger partial charge in [0.1, 0.15) is 0 Å². The summed E-state index contributed by atoms with van der Waals surface area (Å²) in [5.41, 5.74) is 0.573. The third-order valence-corrected chi connectivity index (χ3v) is 4.04. The third kappa shape index (κ3) is 3.39. The van der Waals surface area contributed by atoms with Gasteiger partial charge in [-0.25, -0.2) is 4.98 Å². The van der Waals surface area contributed by atoms with E-state index in [0.29, 0.717) is 21.4 Å². The standard InChI is InChI=1S/C13H11Cl2NOS/c14-9-4-3-5-10(15)13(9)11(17)8-18-12-6-1-2-7-16-12/h1-7,11,17H,8H2. The highest BCUT2D eigenvalue weighted by Gasteiger charge is 2.15. The van der Waals surface area contributed by atoms with E-state index in [1.54, 1.807) is 24.4 Å². The summed E-state index contributed by atoms with van der Waals surface area (Å²) in [5, 5.41) is 12.0. The van der Waals surface area contributed by atoms with Gasteiger partial charge in [-0.2, -0.15) is 0 Å². The van der Waals surface area contributed by atoms with E-state index in [0.717, 1.165) is 5.03 Å². The molecule has 1 aromatic heterocycles. The monoisotopic (exact) mass is 299 g/mol. The number of thioether (sulfide) groups is 1. The Morgan fingerprint density at radius 3 is 2.44 bits per heavy atom. The maximum Gasteiger partial charge on any atom is 0.0960 e. The average molecular weight is 300 g/mol. The van der Waals surface area contributed by atoms with E-state index in [1.165, 1.54) is 11.8 Å². The van der Waals surface area contributed by atoms with Crippen molar-refractivity contribution in [3.63, 3.8) is 0 Å². The molecule has 0 fully saturated rings. The van der Waals surface area contributed by atoms with Crippen LogP contribution in [0.1, 0.15) is 11.7 Å². The van der Waals surface area contributed by atoms with Crippen LogP contribution in [-0.2, 0) is 0 Å². The number of aliphatic hydroxyl groups is 1. The van der Waals surface area contributed by atoms with Crippen molar-refractivity contribution in [2.75, 3.05) is 5.75 Å². The van der Waals surface area contributed by atoms with E-state index >= 15 is 0 Å². The molecule has 1 unspecified atom stereocenters. The maximum absolute atomic E-state index is 10.1. The first kappa shape index (κ1) is 13.7. The molecule has 1 aromatic carbocycles. The molecule has 2 nitrogen and oxygen atoms in total. The van der Waals surface area contributed by atoms with Crippen LogP contribution in [0.25, 0.3) is 0 Å². The molecule has 0 aliphatic rings. The lowest BCUT2D eigenvalue weighted by Gasteiger charge is -2.13. The van der Waals surface area contributed by atoms with Crippen LogP contribution in [0.15, 0.2) is 47.6 Å². The van der Waals surface area contributed by atoms with E-state index in [1.807, 2.05) is 18.2 Å². The molecule has 0 aliphatic carbocycles. The number of pyridine rings is 1. The van der Waals surface area contributed by atoms with Crippen LogP contribution in [0.2, 0.25) is 10.0 Å². The Bertz CT molecular complexity index is 501. The van der Waals surface area contributed by atoms with E-state index in [9.17, 15) is 5.11 Å². The van der Waals surface area contributed by atoms with Gasteiger partial charge in [-0.3, -0.25) is 0 Å². The highest BCUT2D eigenvalue weighted by atomic mass is 35.5. The molecule has 0 saturated carbocycles. The second-order valence-corrected chi connectivity index (χ2v) is 5.48. The summed E-state index contributed by atoms with van der Waals surface area (Å²) in [6.45, 7) is 0. The van der Waals surface area contributed by atoms with Gasteiger partial charge in [0.25, 0.3) is 0 Å². The smallest absolute Gasteiger partial charge is 0.0960 e. The summed E-state index contributed by atoms with van der Waals surface area (Å²) >= 11 is 13.5. The Morgan fingerprint density at radius 1 is 1.11 bits per heavy atom. The molecule has 5 heteroatoms. The fourth-order valence-corrected chi connectivity index (χ4v) is 2.96. The lowest BCUT2D eigenvalue weighted by Crippen LogP contribution is -2.02. The molecule has 1 N–H and O–H groups in total. The third-order valence-electron chi connectivity index (χ3n) is 2.36. The molecule has 2 aromatic rings. The molecule has 0 aliphatic heterocycles. The van der Waals surface area contributed by atoms with Crippen LogP contribution in [0.3, 0.4) is 0 Å². The van der Waals surface area contributed by atoms with Crippen molar-refractivity contribution in [1.29, 1.82) is 0 Å². The van der Waals surface area contributed by atoms with Gasteiger partial charge in [0.05, 0.1) is 11.1 Å². The fraction of sp³-hybridized carbons (Fsp3) is 0.154. The number of aliphatic hydroxyl groups excluding tert-OH is 1. The number of benzene rings is 1. The quantitative estimate of drug-likeness (QED) is 0.858. The SMILES string of the molecule is OC(CSc1ccccn1)c1c(Cl)cccc1Cl. The normalized spacial score (nSPS) is 12.4. The summed E-state index contributed by atoms with van der Waals surface area (Å²) in [6.07, 6.45) is 1.01. The lowest BCUT2D eigenvalue weighted by molar-refractivity contribution is 0.204. The summed E-state index contributed by atoms with van der Waals surface area (Å²) in [7, 11) is 0. The number of hydrogen-bond acceptors (Lipinski definition) is 3. The minimum absolute atomic E-state index is 0.459. The first-order valence-electron chi connectivity index (χ1n) is 5.34. The number of nitrogens with zero attached hydrogens (tertiary/aromatic N) is 1. The van der Waals surface area contributed by atoms with Crippen molar-refractivity contribution in [2.24, 2.45) is 0 Å². The van der Waals surface area contributed by atoms with Gasteiger partial charge < -0.3 is 5.11 Å². The largest absolute Gasteiger partial charge is 0.387 e. The molecule has 94 valence electrons. The van der Waals surface area contributed by atoms with Crippen LogP contribution >= 0.6 is 35.0 Å². The molecule has 1 heterocycles. The summed E-state index contributed by atoms with van der Waals surface area (Å²) in [6, 6.07) is 10.9. The number of rotatable bonds is 4. The van der Waals surface area contributed by atoms with Crippen LogP contribution in [0.5, 0.6) is 0 Å². The highest BCUT2D eigenvalue weighted by molar-refractivity contribution is 7.99. The van der Waals surface area contributed by atoms with Crippen molar-refractivity contribution in [3.8, 4) is 0 Å². The van der Waals surface area contributed by atoms with Crippen molar-refractivity contribution in [2.45, 2.75) is 11.1 Å². The Kier molecular flexibility index (Phi) is 4.89. The minimum atomic E-state index is -0.710. The minimum Gasteiger partial charge on any atom is -0.387 e. The van der Waals surface area contributed by atoms with Gasteiger partial charge in [-0.1, -0.05) is 35.3 Å². The van der Waals surface area contributed by atoms with Crippen molar-refractivity contribution in [3.05, 3.63) is 58.2 Å². The Morgan fingerprint density at radius 2 is 1.83 bits per heavy atom. The second-order valence-electron chi connectivity index (χ2n) is 3.63. The van der Waals surface area contributed by atoms with Crippen molar-refractivity contribution in [1.82, 2.24) is 4.98 Å². The summed E-state index contributed by atoms with van der Waals surface area (Å²) < 4.78 is 0. The molecule has 1 atom stereocenters. The van der Waals surface area contributed by atoms with Crippen LogP contribution in [-0.4, -0.2) is 15.8 Å². The fourth-order valence-electron chi connectivity index (χ4n) is 1.51. The number of hydrogen-bond donors (Lipinski definition) is 1. The molecular weight excluding hydrogens is 289 g/mol. The molecule has 0 amide bonds. The maximum atomic E-state index is 10.1. The molecule has 0 bridgehead atoms. The van der Waals surface area contributed by atoms with Crippen molar-refractivity contribution >= 4 is 35.0 Å². The lowest BCUT2D eigenvalue weighted by atomic mass is 10.1. The van der Waals surface area contributed by atoms with Crippen LogP contribution in [0, 0.1) is 0 Å². The molecule has 0 saturated heterocycles. The first-order valence-corrected chi connectivity index (χ1v) is 7.08. The number of aromatic nitrogens is 1. The Labute approximate surface area is 120 Å². The van der Waals surface area contributed by atoms with Gasteiger partial charge in [0.2, 0.25) is 0 Å². The van der Waals surface area contributed by atoms with E-state index in [2.05, 4.69) is 4.98 Å². The van der Waals surface area contributed by atoms with Gasteiger partial charge >= 0.3 is 0 Å². The Balaban J connectivity index is 2.06. The van der Waals surface area contributed by atoms with E-state index < -0.39 is 6.10 Å². The number of halogens is 2. The summed E-state index contributed by atoms with van der Waals surface area (Å²) in [5.74, 6) is 0.459. The van der Waals surface area contributed by atoms with Gasteiger partial charge in [-0.15, -0.1) is 11.8 Å². The molecular formula is C13H11Cl2NOS. The molecule has 2 rings (SSSR count).